The lowest BCUT2D eigenvalue weighted by Gasteiger charge is -2.18. The number of H-pyrrole nitrogens is 1. The minimum absolute atomic E-state index is 0.135. The van der Waals surface area contributed by atoms with Gasteiger partial charge in [-0.2, -0.15) is 5.21 Å². The summed E-state index contributed by atoms with van der Waals surface area (Å²) in [6.07, 6.45) is 1.16. The molecule has 1 fully saturated rings. The smallest absolute Gasteiger partial charge is 0.191 e. The molecule has 1 aliphatic heterocycles. The number of aromatic nitrogens is 4. The maximum atomic E-state index is 4.02. The van der Waals surface area contributed by atoms with Crippen molar-refractivity contribution in [3.05, 3.63) is 41.7 Å². The largest absolute Gasteiger partial charge is 0.303 e. The first-order chi connectivity index (χ1) is 9.81. The Morgan fingerprint density at radius 3 is 3.00 bits per heavy atom. The molecule has 6 heteroatoms. The van der Waals surface area contributed by atoms with Crippen molar-refractivity contribution in [3.63, 3.8) is 0 Å². The molecule has 2 heterocycles. The van der Waals surface area contributed by atoms with Gasteiger partial charge in [-0.1, -0.05) is 35.5 Å². The highest BCUT2D eigenvalue weighted by Crippen LogP contribution is 2.16. The molecule has 3 rings (SSSR count). The Labute approximate surface area is 118 Å². The molecule has 1 aliphatic rings. The van der Waals surface area contributed by atoms with Crippen molar-refractivity contribution < 1.29 is 0 Å². The van der Waals surface area contributed by atoms with Crippen LogP contribution in [0, 0.1) is 0 Å². The summed E-state index contributed by atoms with van der Waals surface area (Å²) in [7, 11) is 0. The summed E-state index contributed by atoms with van der Waals surface area (Å²) in [5.74, 6) is 0.728. The summed E-state index contributed by atoms with van der Waals surface area (Å²) >= 11 is 0. The SMILES string of the molecule is CC(NC1CCN(Cc2ccccc2)C1)c1nn[nH]n1. The van der Waals surface area contributed by atoms with Crippen molar-refractivity contribution in [1.82, 2.24) is 30.8 Å². The van der Waals surface area contributed by atoms with Crippen LogP contribution in [0.1, 0.15) is 30.8 Å². The van der Waals surface area contributed by atoms with Crippen LogP contribution in [0.15, 0.2) is 30.3 Å². The second kappa shape index (κ2) is 6.11. The number of nitrogens with zero attached hydrogens (tertiary/aromatic N) is 4. The first kappa shape index (κ1) is 13.2. The lowest BCUT2D eigenvalue weighted by atomic mass is 10.2. The fraction of sp³-hybridized carbons (Fsp3) is 0.500. The Hall–Kier alpha value is -1.79. The Kier molecular flexibility index (Phi) is 4.03. The van der Waals surface area contributed by atoms with Gasteiger partial charge in [0.2, 0.25) is 0 Å². The molecule has 0 amide bonds. The number of hydrogen-bond acceptors (Lipinski definition) is 5. The molecule has 6 nitrogen and oxygen atoms in total. The molecular formula is C14H20N6. The summed E-state index contributed by atoms with van der Waals surface area (Å²) < 4.78 is 0. The maximum Gasteiger partial charge on any atom is 0.191 e. The average molecular weight is 272 g/mol. The van der Waals surface area contributed by atoms with E-state index in [-0.39, 0.29) is 6.04 Å². The number of benzene rings is 1. The van der Waals surface area contributed by atoms with E-state index in [0.29, 0.717) is 6.04 Å². The van der Waals surface area contributed by atoms with Gasteiger partial charge in [0, 0.05) is 25.7 Å². The molecule has 0 saturated carbocycles. The zero-order valence-corrected chi connectivity index (χ0v) is 11.7. The van der Waals surface area contributed by atoms with E-state index in [1.807, 2.05) is 0 Å². The van der Waals surface area contributed by atoms with Crippen LogP contribution in [-0.4, -0.2) is 44.7 Å². The van der Waals surface area contributed by atoms with Crippen molar-refractivity contribution >= 4 is 0 Å². The molecule has 1 saturated heterocycles. The van der Waals surface area contributed by atoms with Gasteiger partial charge in [-0.25, -0.2) is 0 Å². The summed E-state index contributed by atoms with van der Waals surface area (Å²) in [6.45, 7) is 5.29. The Bertz CT molecular complexity index is 512. The third kappa shape index (κ3) is 3.20. The van der Waals surface area contributed by atoms with Crippen LogP contribution in [0.3, 0.4) is 0 Å². The Balaban J connectivity index is 1.50. The van der Waals surface area contributed by atoms with Crippen molar-refractivity contribution in [2.24, 2.45) is 0 Å². The highest BCUT2D eigenvalue weighted by molar-refractivity contribution is 5.14. The minimum atomic E-state index is 0.135. The molecule has 106 valence electrons. The first-order valence-electron chi connectivity index (χ1n) is 7.07. The van der Waals surface area contributed by atoms with E-state index in [4.69, 9.17) is 0 Å². The van der Waals surface area contributed by atoms with Gasteiger partial charge < -0.3 is 5.32 Å². The quantitative estimate of drug-likeness (QED) is 0.853. The van der Waals surface area contributed by atoms with Crippen LogP contribution in [0.5, 0.6) is 0 Å². The van der Waals surface area contributed by atoms with Gasteiger partial charge in [0.25, 0.3) is 0 Å². The predicted molar refractivity (Wildman–Crippen MR) is 75.9 cm³/mol. The number of tetrazole rings is 1. The molecule has 1 aromatic heterocycles. The molecular weight excluding hydrogens is 252 g/mol. The second-order valence-electron chi connectivity index (χ2n) is 5.36. The van der Waals surface area contributed by atoms with Gasteiger partial charge in [0.15, 0.2) is 5.82 Å². The van der Waals surface area contributed by atoms with Crippen LogP contribution in [0.4, 0.5) is 0 Å². The van der Waals surface area contributed by atoms with Crippen molar-refractivity contribution in [3.8, 4) is 0 Å². The second-order valence-corrected chi connectivity index (χ2v) is 5.36. The molecule has 1 aromatic carbocycles. The summed E-state index contributed by atoms with van der Waals surface area (Å²) in [5, 5.41) is 17.7. The fourth-order valence-corrected chi connectivity index (χ4v) is 2.73. The summed E-state index contributed by atoms with van der Waals surface area (Å²) in [4.78, 5) is 2.48. The van der Waals surface area contributed by atoms with E-state index >= 15 is 0 Å². The third-order valence-electron chi connectivity index (χ3n) is 3.76. The van der Waals surface area contributed by atoms with Gasteiger partial charge in [-0.3, -0.25) is 4.90 Å². The normalized spacial score (nSPS) is 21.1. The Morgan fingerprint density at radius 1 is 1.40 bits per heavy atom. The number of nitrogens with one attached hydrogen (secondary N) is 2. The molecule has 2 N–H and O–H groups in total. The van der Waals surface area contributed by atoms with Gasteiger partial charge in [0.1, 0.15) is 0 Å². The molecule has 2 atom stereocenters. The molecule has 2 unspecified atom stereocenters. The van der Waals surface area contributed by atoms with Crippen LogP contribution in [0.25, 0.3) is 0 Å². The highest BCUT2D eigenvalue weighted by Gasteiger charge is 2.24. The number of likely N-dealkylation sites (tertiary alicyclic amines) is 1. The average Bonchev–Trinajstić information content (AvgIpc) is 3.11. The highest BCUT2D eigenvalue weighted by atomic mass is 15.5. The van der Waals surface area contributed by atoms with E-state index in [2.05, 4.69) is 68.1 Å². The van der Waals surface area contributed by atoms with Gasteiger partial charge >= 0.3 is 0 Å². The van der Waals surface area contributed by atoms with E-state index in [9.17, 15) is 0 Å². The topological polar surface area (TPSA) is 69.7 Å². The monoisotopic (exact) mass is 272 g/mol. The van der Waals surface area contributed by atoms with Crippen LogP contribution in [-0.2, 0) is 6.54 Å². The van der Waals surface area contributed by atoms with E-state index < -0.39 is 0 Å². The molecule has 0 radical (unpaired) electrons. The maximum absolute atomic E-state index is 4.02. The first-order valence-corrected chi connectivity index (χ1v) is 7.07. The summed E-state index contributed by atoms with van der Waals surface area (Å²) in [6, 6.07) is 11.2. The predicted octanol–water partition coefficient (Wildman–Crippen LogP) is 1.12. The molecule has 0 spiro atoms. The van der Waals surface area contributed by atoms with Gasteiger partial charge in [0.05, 0.1) is 6.04 Å². The summed E-state index contributed by atoms with van der Waals surface area (Å²) in [5.41, 5.74) is 1.37. The van der Waals surface area contributed by atoms with Gasteiger partial charge in [-0.05, 0) is 18.9 Å². The van der Waals surface area contributed by atoms with E-state index in [1.54, 1.807) is 0 Å². The molecule has 20 heavy (non-hydrogen) atoms. The van der Waals surface area contributed by atoms with E-state index in [0.717, 1.165) is 31.9 Å². The lowest BCUT2D eigenvalue weighted by molar-refractivity contribution is 0.315. The Morgan fingerprint density at radius 2 is 2.25 bits per heavy atom. The van der Waals surface area contributed by atoms with Crippen LogP contribution in [0.2, 0.25) is 0 Å². The third-order valence-corrected chi connectivity index (χ3v) is 3.76. The zero-order chi connectivity index (χ0) is 13.8. The number of hydrogen-bond donors (Lipinski definition) is 2. The number of rotatable bonds is 5. The molecule has 0 bridgehead atoms. The van der Waals surface area contributed by atoms with Crippen molar-refractivity contribution in [2.45, 2.75) is 32.0 Å². The minimum Gasteiger partial charge on any atom is -0.303 e. The van der Waals surface area contributed by atoms with Crippen LogP contribution >= 0.6 is 0 Å². The van der Waals surface area contributed by atoms with Crippen LogP contribution < -0.4 is 5.32 Å². The lowest BCUT2D eigenvalue weighted by Crippen LogP contribution is -2.34. The number of aromatic amines is 1. The van der Waals surface area contributed by atoms with Gasteiger partial charge in [-0.15, -0.1) is 10.2 Å². The van der Waals surface area contributed by atoms with Crippen molar-refractivity contribution in [2.75, 3.05) is 13.1 Å². The molecule has 2 aromatic rings. The fourth-order valence-electron chi connectivity index (χ4n) is 2.73. The molecule has 0 aliphatic carbocycles. The van der Waals surface area contributed by atoms with E-state index in [1.165, 1.54) is 5.56 Å². The standard InChI is InChI=1S/C14H20N6/c1-11(14-16-18-19-17-14)15-13-7-8-20(10-13)9-12-5-3-2-4-6-12/h2-6,11,13,15H,7-10H2,1H3,(H,16,17,18,19). The zero-order valence-electron chi connectivity index (χ0n) is 11.7. The van der Waals surface area contributed by atoms with Crippen molar-refractivity contribution in [1.29, 1.82) is 0 Å².